The Morgan fingerprint density at radius 2 is 2.07 bits per heavy atom. The van der Waals surface area contributed by atoms with Gasteiger partial charge in [-0.25, -0.2) is 4.98 Å². The standard InChI is InChI=1S/C10H10N2S2/c11-7-8-1-3-9(4-2-8)14-10-12-5-6-13-10/h1-6H,7,11H2. The van der Waals surface area contributed by atoms with E-state index in [9.17, 15) is 0 Å². The fourth-order valence-electron chi connectivity index (χ4n) is 1.06. The van der Waals surface area contributed by atoms with E-state index in [1.807, 2.05) is 11.6 Å². The van der Waals surface area contributed by atoms with Gasteiger partial charge in [-0.2, -0.15) is 0 Å². The number of rotatable bonds is 3. The third-order valence-corrected chi connectivity index (χ3v) is 3.67. The number of hydrogen-bond donors (Lipinski definition) is 1. The first-order chi connectivity index (χ1) is 6.88. The summed E-state index contributed by atoms with van der Waals surface area (Å²) in [6.45, 7) is 0.599. The molecule has 0 bridgehead atoms. The van der Waals surface area contributed by atoms with E-state index in [4.69, 9.17) is 5.73 Å². The zero-order chi connectivity index (χ0) is 9.80. The van der Waals surface area contributed by atoms with Crippen LogP contribution in [-0.2, 0) is 6.54 Å². The van der Waals surface area contributed by atoms with Gasteiger partial charge in [0.05, 0.1) is 0 Å². The SMILES string of the molecule is NCc1ccc(Sc2nccs2)cc1. The van der Waals surface area contributed by atoms with E-state index in [0.29, 0.717) is 6.54 Å². The maximum absolute atomic E-state index is 5.52. The summed E-state index contributed by atoms with van der Waals surface area (Å²) in [5.41, 5.74) is 6.68. The average Bonchev–Trinajstić information content (AvgIpc) is 2.72. The van der Waals surface area contributed by atoms with Crippen molar-refractivity contribution in [3.05, 3.63) is 41.4 Å². The minimum absolute atomic E-state index is 0.599. The van der Waals surface area contributed by atoms with Gasteiger partial charge in [-0.1, -0.05) is 23.9 Å². The average molecular weight is 222 g/mol. The Morgan fingerprint density at radius 1 is 1.29 bits per heavy atom. The molecule has 2 N–H and O–H groups in total. The molecular weight excluding hydrogens is 212 g/mol. The molecule has 1 aromatic heterocycles. The van der Waals surface area contributed by atoms with Crippen LogP contribution in [0, 0.1) is 0 Å². The van der Waals surface area contributed by atoms with Gasteiger partial charge >= 0.3 is 0 Å². The van der Waals surface area contributed by atoms with Crippen molar-refractivity contribution in [2.45, 2.75) is 15.8 Å². The summed E-state index contributed by atoms with van der Waals surface area (Å²) in [6.07, 6.45) is 1.82. The zero-order valence-corrected chi connectivity index (χ0v) is 9.15. The number of aromatic nitrogens is 1. The lowest BCUT2D eigenvalue weighted by atomic mass is 10.2. The second-order valence-corrected chi connectivity index (χ2v) is 4.96. The lowest BCUT2D eigenvalue weighted by Crippen LogP contribution is -1.94. The van der Waals surface area contributed by atoms with Crippen LogP contribution in [0.5, 0.6) is 0 Å². The van der Waals surface area contributed by atoms with Gasteiger partial charge in [-0.05, 0) is 17.7 Å². The van der Waals surface area contributed by atoms with Gasteiger partial charge in [0.1, 0.15) is 0 Å². The van der Waals surface area contributed by atoms with Crippen molar-refractivity contribution in [3.8, 4) is 0 Å². The van der Waals surface area contributed by atoms with Crippen LogP contribution in [0.1, 0.15) is 5.56 Å². The van der Waals surface area contributed by atoms with Gasteiger partial charge < -0.3 is 5.73 Å². The number of nitrogens with two attached hydrogens (primary N) is 1. The van der Waals surface area contributed by atoms with Crippen LogP contribution in [0.25, 0.3) is 0 Å². The molecular formula is C10H10N2S2. The summed E-state index contributed by atoms with van der Waals surface area (Å²) in [6, 6.07) is 8.26. The molecule has 0 fully saturated rings. The topological polar surface area (TPSA) is 38.9 Å². The normalized spacial score (nSPS) is 10.4. The van der Waals surface area contributed by atoms with Crippen molar-refractivity contribution in [1.29, 1.82) is 0 Å². The molecule has 2 aromatic rings. The Morgan fingerprint density at radius 3 is 2.64 bits per heavy atom. The molecule has 1 heterocycles. The van der Waals surface area contributed by atoms with Gasteiger partial charge in [-0.3, -0.25) is 0 Å². The lowest BCUT2D eigenvalue weighted by Gasteiger charge is -1.99. The summed E-state index contributed by atoms with van der Waals surface area (Å²) in [5, 5.41) is 1.98. The first-order valence-corrected chi connectivity index (χ1v) is 5.94. The molecule has 0 atom stereocenters. The second-order valence-electron chi connectivity index (χ2n) is 2.75. The highest BCUT2D eigenvalue weighted by molar-refractivity contribution is 8.01. The van der Waals surface area contributed by atoms with Crippen molar-refractivity contribution in [2.75, 3.05) is 0 Å². The van der Waals surface area contributed by atoms with Crippen LogP contribution in [0.2, 0.25) is 0 Å². The van der Waals surface area contributed by atoms with Crippen LogP contribution >= 0.6 is 23.1 Å². The van der Waals surface area contributed by atoms with E-state index in [2.05, 4.69) is 29.2 Å². The van der Waals surface area contributed by atoms with Gasteiger partial charge in [-0.15, -0.1) is 11.3 Å². The highest BCUT2D eigenvalue weighted by Gasteiger charge is 1.98. The highest BCUT2D eigenvalue weighted by atomic mass is 32.2. The summed E-state index contributed by atoms with van der Waals surface area (Å²) < 4.78 is 1.07. The molecule has 1 aromatic carbocycles. The molecule has 0 aliphatic heterocycles. The van der Waals surface area contributed by atoms with Crippen molar-refractivity contribution < 1.29 is 0 Å². The molecule has 14 heavy (non-hydrogen) atoms. The Bertz CT molecular complexity index is 381. The van der Waals surface area contributed by atoms with Crippen molar-refractivity contribution in [2.24, 2.45) is 5.73 Å². The smallest absolute Gasteiger partial charge is 0.154 e. The summed E-state index contributed by atoms with van der Waals surface area (Å²) in [7, 11) is 0. The molecule has 2 rings (SSSR count). The van der Waals surface area contributed by atoms with Crippen LogP contribution in [0.15, 0.2) is 45.1 Å². The van der Waals surface area contributed by atoms with E-state index in [1.54, 1.807) is 23.1 Å². The predicted octanol–water partition coefficient (Wildman–Crippen LogP) is 2.75. The van der Waals surface area contributed by atoms with Gasteiger partial charge in [0.2, 0.25) is 0 Å². The Hall–Kier alpha value is -0.840. The van der Waals surface area contributed by atoms with Crippen LogP contribution < -0.4 is 5.73 Å². The van der Waals surface area contributed by atoms with Crippen molar-refractivity contribution >= 4 is 23.1 Å². The third-order valence-electron chi connectivity index (χ3n) is 1.77. The quantitative estimate of drug-likeness (QED) is 0.868. The van der Waals surface area contributed by atoms with Gasteiger partial charge in [0, 0.05) is 23.0 Å². The van der Waals surface area contributed by atoms with Crippen LogP contribution in [-0.4, -0.2) is 4.98 Å². The number of benzene rings is 1. The fourth-order valence-corrected chi connectivity index (χ4v) is 2.65. The maximum atomic E-state index is 5.52. The Kier molecular flexibility index (Phi) is 3.18. The minimum atomic E-state index is 0.599. The molecule has 0 saturated heterocycles. The number of thiazole rings is 1. The molecule has 0 aliphatic carbocycles. The first kappa shape index (κ1) is 9.71. The van der Waals surface area contributed by atoms with Gasteiger partial charge in [0.25, 0.3) is 0 Å². The molecule has 0 radical (unpaired) electrons. The van der Waals surface area contributed by atoms with E-state index in [1.165, 1.54) is 4.90 Å². The molecule has 0 amide bonds. The van der Waals surface area contributed by atoms with E-state index in [-0.39, 0.29) is 0 Å². The molecule has 0 spiro atoms. The van der Waals surface area contributed by atoms with Crippen LogP contribution in [0.4, 0.5) is 0 Å². The predicted molar refractivity (Wildman–Crippen MR) is 60.6 cm³/mol. The molecule has 0 saturated carbocycles. The monoisotopic (exact) mass is 222 g/mol. The fraction of sp³-hybridized carbons (Fsp3) is 0.100. The van der Waals surface area contributed by atoms with Crippen molar-refractivity contribution in [1.82, 2.24) is 4.98 Å². The van der Waals surface area contributed by atoms with E-state index in [0.717, 1.165) is 9.90 Å². The first-order valence-electron chi connectivity index (χ1n) is 4.25. The number of hydrogen-bond acceptors (Lipinski definition) is 4. The van der Waals surface area contributed by atoms with E-state index >= 15 is 0 Å². The summed E-state index contributed by atoms with van der Waals surface area (Å²) in [5.74, 6) is 0. The Labute approximate surface area is 91.2 Å². The molecule has 2 nitrogen and oxygen atoms in total. The zero-order valence-electron chi connectivity index (χ0n) is 7.51. The summed E-state index contributed by atoms with van der Waals surface area (Å²) in [4.78, 5) is 5.42. The van der Waals surface area contributed by atoms with Gasteiger partial charge in [0.15, 0.2) is 4.34 Å². The van der Waals surface area contributed by atoms with Crippen molar-refractivity contribution in [3.63, 3.8) is 0 Å². The Balaban J connectivity index is 2.10. The largest absolute Gasteiger partial charge is 0.326 e. The molecule has 72 valence electrons. The third kappa shape index (κ3) is 2.35. The second kappa shape index (κ2) is 4.59. The van der Waals surface area contributed by atoms with Crippen LogP contribution in [0.3, 0.4) is 0 Å². The minimum Gasteiger partial charge on any atom is -0.326 e. The highest BCUT2D eigenvalue weighted by Crippen LogP contribution is 2.28. The molecule has 4 heteroatoms. The molecule has 0 aliphatic rings. The maximum Gasteiger partial charge on any atom is 0.154 e. The number of nitrogens with zero attached hydrogens (tertiary/aromatic N) is 1. The molecule has 0 unspecified atom stereocenters. The lowest BCUT2D eigenvalue weighted by molar-refractivity contribution is 1.07. The van der Waals surface area contributed by atoms with E-state index < -0.39 is 0 Å². The summed E-state index contributed by atoms with van der Waals surface area (Å²) >= 11 is 3.33.